The minimum atomic E-state index is -4.14. The van der Waals surface area contributed by atoms with Crippen molar-refractivity contribution in [2.45, 2.75) is 43.0 Å². The molecule has 7 heteroatoms. The second kappa shape index (κ2) is 8.78. The predicted octanol–water partition coefficient (Wildman–Crippen LogP) is 5.62. The standard InChI is InChI=1S/C14H18F4OS2/c1-10-8-11(15)12(9-13(10)20)19-6-4-2-3-5-7-21-14(16,17)18/h8-9,20H,2-7H2,1H3. The third-order valence-corrected chi connectivity index (χ3v) is 4.11. The van der Waals surface area contributed by atoms with E-state index in [2.05, 4.69) is 12.6 Å². The average Bonchev–Trinajstić information content (AvgIpc) is 2.37. The summed E-state index contributed by atoms with van der Waals surface area (Å²) in [6, 6.07) is 2.90. The molecule has 0 N–H and O–H groups in total. The van der Waals surface area contributed by atoms with Crippen molar-refractivity contribution >= 4 is 24.4 Å². The highest BCUT2D eigenvalue weighted by atomic mass is 32.2. The number of unbranched alkanes of at least 4 members (excludes halogenated alkanes) is 3. The van der Waals surface area contributed by atoms with E-state index < -0.39 is 11.3 Å². The highest BCUT2D eigenvalue weighted by Crippen LogP contribution is 2.31. The van der Waals surface area contributed by atoms with Gasteiger partial charge in [-0.1, -0.05) is 24.6 Å². The van der Waals surface area contributed by atoms with Crippen molar-refractivity contribution in [2.75, 3.05) is 12.4 Å². The molecule has 1 aromatic carbocycles. The first-order valence-corrected chi connectivity index (χ1v) is 8.05. The van der Waals surface area contributed by atoms with E-state index in [1.54, 1.807) is 6.92 Å². The van der Waals surface area contributed by atoms with Crippen molar-refractivity contribution < 1.29 is 22.3 Å². The van der Waals surface area contributed by atoms with E-state index in [4.69, 9.17) is 4.74 Å². The summed E-state index contributed by atoms with van der Waals surface area (Å²) in [7, 11) is 0. The maximum atomic E-state index is 13.5. The molecule has 0 aliphatic heterocycles. The molecule has 0 spiro atoms. The molecule has 0 saturated carbocycles. The van der Waals surface area contributed by atoms with E-state index in [1.807, 2.05) is 0 Å². The second-order valence-electron chi connectivity index (χ2n) is 4.63. The minimum absolute atomic E-state index is 0.00979. The Balaban J connectivity index is 2.14. The molecule has 0 aromatic heterocycles. The van der Waals surface area contributed by atoms with E-state index in [9.17, 15) is 17.6 Å². The molecule has 0 radical (unpaired) electrons. The van der Waals surface area contributed by atoms with Gasteiger partial charge in [0.05, 0.1) is 6.61 Å². The van der Waals surface area contributed by atoms with Gasteiger partial charge >= 0.3 is 5.51 Å². The number of halogens is 4. The smallest absolute Gasteiger partial charge is 0.441 e. The molecule has 0 fully saturated rings. The zero-order chi connectivity index (χ0) is 15.9. The fourth-order valence-corrected chi connectivity index (χ4v) is 2.44. The van der Waals surface area contributed by atoms with Crippen molar-refractivity contribution in [3.8, 4) is 5.75 Å². The zero-order valence-electron chi connectivity index (χ0n) is 11.7. The normalized spacial score (nSPS) is 11.7. The molecule has 0 unspecified atom stereocenters. The summed E-state index contributed by atoms with van der Waals surface area (Å²) in [6.45, 7) is 2.10. The Morgan fingerprint density at radius 3 is 2.48 bits per heavy atom. The highest BCUT2D eigenvalue weighted by Gasteiger charge is 2.27. The minimum Gasteiger partial charge on any atom is -0.490 e. The molecular weight excluding hydrogens is 324 g/mol. The van der Waals surface area contributed by atoms with Crippen LogP contribution in [0.1, 0.15) is 31.2 Å². The van der Waals surface area contributed by atoms with E-state index >= 15 is 0 Å². The Labute approximate surface area is 131 Å². The Hall–Kier alpha value is -0.560. The van der Waals surface area contributed by atoms with Crippen molar-refractivity contribution in [1.29, 1.82) is 0 Å². The van der Waals surface area contributed by atoms with Gasteiger partial charge in [-0.25, -0.2) is 4.39 Å². The number of thiol groups is 1. The average molecular weight is 342 g/mol. The number of thioether (sulfide) groups is 1. The molecule has 0 atom stereocenters. The van der Waals surface area contributed by atoms with Gasteiger partial charge in [-0.2, -0.15) is 13.2 Å². The summed E-state index contributed by atoms with van der Waals surface area (Å²) in [4.78, 5) is 0.663. The molecule has 1 nitrogen and oxygen atoms in total. The van der Waals surface area contributed by atoms with Crippen LogP contribution in [0.5, 0.6) is 5.75 Å². The first kappa shape index (κ1) is 18.5. The Morgan fingerprint density at radius 1 is 1.14 bits per heavy atom. The number of hydrogen-bond acceptors (Lipinski definition) is 3. The summed E-state index contributed by atoms with van der Waals surface area (Å²) in [5, 5.41) is 0. The summed E-state index contributed by atoms with van der Waals surface area (Å²) in [5.41, 5.74) is -3.40. The fraction of sp³-hybridized carbons (Fsp3) is 0.571. The number of aryl methyl sites for hydroxylation is 1. The van der Waals surface area contributed by atoms with Crippen molar-refractivity contribution in [3.63, 3.8) is 0 Å². The summed E-state index contributed by atoms with van der Waals surface area (Å²) in [6.07, 6.45) is 2.68. The van der Waals surface area contributed by atoms with Gasteiger partial charge in [-0.15, -0.1) is 12.6 Å². The van der Waals surface area contributed by atoms with Crippen LogP contribution in [0.2, 0.25) is 0 Å². The van der Waals surface area contributed by atoms with Crippen molar-refractivity contribution in [3.05, 3.63) is 23.5 Å². The second-order valence-corrected chi connectivity index (χ2v) is 6.27. The molecule has 0 amide bonds. The van der Waals surface area contributed by atoms with Crippen LogP contribution in [0.3, 0.4) is 0 Å². The molecule has 0 aliphatic rings. The van der Waals surface area contributed by atoms with Gasteiger partial charge in [0, 0.05) is 10.6 Å². The van der Waals surface area contributed by atoms with Gasteiger partial charge in [0.25, 0.3) is 0 Å². The Morgan fingerprint density at radius 2 is 1.81 bits per heavy atom. The van der Waals surface area contributed by atoms with Crippen LogP contribution in [0.25, 0.3) is 0 Å². The Bertz CT molecular complexity index is 449. The summed E-state index contributed by atoms with van der Waals surface area (Å²) in [5.74, 6) is -0.176. The zero-order valence-corrected chi connectivity index (χ0v) is 13.4. The first-order chi connectivity index (χ1) is 9.79. The van der Waals surface area contributed by atoms with Crippen molar-refractivity contribution in [2.24, 2.45) is 0 Å². The van der Waals surface area contributed by atoms with Gasteiger partial charge < -0.3 is 4.74 Å². The molecular formula is C14H18F4OS2. The highest BCUT2D eigenvalue weighted by molar-refractivity contribution is 8.00. The third-order valence-electron chi connectivity index (χ3n) is 2.81. The van der Waals surface area contributed by atoms with Crippen LogP contribution in [0, 0.1) is 12.7 Å². The van der Waals surface area contributed by atoms with Gasteiger partial charge in [0.15, 0.2) is 11.6 Å². The molecule has 0 heterocycles. The van der Waals surface area contributed by atoms with Gasteiger partial charge in [0.2, 0.25) is 0 Å². The summed E-state index contributed by atoms with van der Waals surface area (Å²) < 4.78 is 54.5. The lowest BCUT2D eigenvalue weighted by atomic mass is 10.2. The largest absolute Gasteiger partial charge is 0.490 e. The topological polar surface area (TPSA) is 9.23 Å². The van der Waals surface area contributed by atoms with E-state index in [0.717, 1.165) is 12.0 Å². The number of rotatable bonds is 8. The number of benzene rings is 1. The van der Waals surface area contributed by atoms with Crippen LogP contribution < -0.4 is 4.74 Å². The maximum absolute atomic E-state index is 13.5. The lowest BCUT2D eigenvalue weighted by Gasteiger charge is -2.09. The van der Waals surface area contributed by atoms with Crippen LogP contribution in [-0.2, 0) is 0 Å². The molecule has 0 aliphatic carbocycles. The van der Waals surface area contributed by atoms with Crippen molar-refractivity contribution in [1.82, 2.24) is 0 Å². The van der Waals surface area contributed by atoms with Crippen LogP contribution in [0.4, 0.5) is 17.6 Å². The monoisotopic (exact) mass is 342 g/mol. The molecule has 1 rings (SSSR count). The van der Waals surface area contributed by atoms with Gasteiger partial charge in [0.1, 0.15) is 0 Å². The first-order valence-electron chi connectivity index (χ1n) is 6.62. The molecule has 21 heavy (non-hydrogen) atoms. The molecule has 0 saturated heterocycles. The lowest BCUT2D eigenvalue weighted by Crippen LogP contribution is -2.02. The van der Waals surface area contributed by atoms with E-state index in [-0.39, 0.29) is 23.3 Å². The Kier molecular flexibility index (Phi) is 7.73. The quantitative estimate of drug-likeness (QED) is 0.373. The maximum Gasteiger partial charge on any atom is 0.441 e. The summed E-state index contributed by atoms with van der Waals surface area (Å²) >= 11 is 4.21. The van der Waals surface area contributed by atoms with Gasteiger partial charge in [-0.3, -0.25) is 0 Å². The van der Waals surface area contributed by atoms with Crippen LogP contribution >= 0.6 is 24.4 Å². The van der Waals surface area contributed by atoms with E-state index in [0.29, 0.717) is 30.8 Å². The van der Waals surface area contributed by atoms with Crippen LogP contribution in [-0.4, -0.2) is 17.9 Å². The number of hydrogen-bond donors (Lipinski definition) is 1. The van der Waals surface area contributed by atoms with Gasteiger partial charge in [-0.05, 0) is 37.5 Å². The lowest BCUT2D eigenvalue weighted by molar-refractivity contribution is -0.0328. The third kappa shape index (κ3) is 7.85. The van der Waals surface area contributed by atoms with E-state index in [1.165, 1.54) is 12.1 Å². The number of alkyl halides is 3. The molecule has 1 aromatic rings. The number of ether oxygens (including phenoxy) is 1. The predicted molar refractivity (Wildman–Crippen MR) is 80.9 cm³/mol. The molecule has 120 valence electrons. The SMILES string of the molecule is Cc1cc(F)c(OCCCCCCSC(F)(F)F)cc1S. The fourth-order valence-electron chi connectivity index (χ4n) is 1.68. The van der Waals surface area contributed by atoms with Crippen LogP contribution in [0.15, 0.2) is 17.0 Å². The molecule has 0 bridgehead atoms.